The monoisotopic (exact) mass is 431 g/mol. The normalized spacial score (nSPS) is 11.4. The molecule has 1 aromatic heterocycles. The second-order valence-electron chi connectivity index (χ2n) is 7.73. The van der Waals surface area contributed by atoms with Gasteiger partial charge in [0.05, 0.1) is 28.2 Å². The molecule has 0 saturated carbocycles. The number of hydrogen-bond donors (Lipinski definition) is 0. The molecule has 1 amide bonds. The average Bonchev–Trinajstić information content (AvgIpc) is 3.02. The highest BCUT2D eigenvalue weighted by atomic mass is 35.5. The number of unbranched alkanes of at least 4 members (excludes halogenated alkanes) is 1. The van der Waals surface area contributed by atoms with E-state index in [1.807, 2.05) is 23.1 Å². The standard InChI is InChI=1S/C23H27Cl2N3O/c1-4-5-12-28-21-9-7-6-8-20(21)26-22(28)15-27(14-16(2)3)23(29)18-11-10-17(24)13-19(18)25/h6-11,13,16H,4-5,12,14-15H2,1-3H3. The number of carbonyl (C=O) groups is 1. The number of imidazole rings is 1. The molecule has 0 aliphatic carbocycles. The van der Waals surface area contributed by atoms with Crippen molar-refractivity contribution in [3.8, 4) is 0 Å². The number of amides is 1. The Bertz CT molecular complexity index is 997. The predicted octanol–water partition coefficient (Wildman–Crippen LogP) is 6.44. The first-order valence-corrected chi connectivity index (χ1v) is 10.8. The number of rotatable bonds is 8. The van der Waals surface area contributed by atoms with E-state index in [4.69, 9.17) is 28.2 Å². The summed E-state index contributed by atoms with van der Waals surface area (Å²) in [6, 6.07) is 13.1. The van der Waals surface area contributed by atoms with Gasteiger partial charge in [-0.1, -0.05) is 62.5 Å². The van der Waals surface area contributed by atoms with Gasteiger partial charge < -0.3 is 9.47 Å². The lowest BCUT2D eigenvalue weighted by molar-refractivity contribution is 0.0716. The number of halogens is 2. The summed E-state index contributed by atoms with van der Waals surface area (Å²) >= 11 is 12.3. The van der Waals surface area contributed by atoms with E-state index in [-0.39, 0.29) is 5.91 Å². The summed E-state index contributed by atoms with van der Waals surface area (Å²) in [4.78, 5) is 20.0. The van der Waals surface area contributed by atoms with Crippen molar-refractivity contribution in [3.05, 3.63) is 63.9 Å². The van der Waals surface area contributed by atoms with Crippen LogP contribution in [0.1, 0.15) is 49.8 Å². The van der Waals surface area contributed by atoms with Crippen LogP contribution >= 0.6 is 23.2 Å². The Morgan fingerprint density at radius 2 is 1.93 bits per heavy atom. The van der Waals surface area contributed by atoms with Crippen LogP contribution in [0.25, 0.3) is 11.0 Å². The van der Waals surface area contributed by atoms with Crippen LogP contribution < -0.4 is 0 Å². The fraction of sp³-hybridized carbons (Fsp3) is 0.391. The van der Waals surface area contributed by atoms with E-state index >= 15 is 0 Å². The molecule has 0 fully saturated rings. The Hall–Kier alpha value is -2.04. The van der Waals surface area contributed by atoms with Crippen LogP contribution in [-0.2, 0) is 13.1 Å². The van der Waals surface area contributed by atoms with Crippen molar-refractivity contribution in [2.45, 2.75) is 46.7 Å². The maximum Gasteiger partial charge on any atom is 0.255 e. The molecule has 0 aliphatic heterocycles. The third-order valence-electron chi connectivity index (χ3n) is 4.84. The Labute approximate surface area is 182 Å². The maximum atomic E-state index is 13.3. The van der Waals surface area contributed by atoms with Gasteiger partial charge in [0.1, 0.15) is 5.82 Å². The van der Waals surface area contributed by atoms with Crippen LogP contribution in [0, 0.1) is 5.92 Å². The number of nitrogens with zero attached hydrogens (tertiary/aromatic N) is 3. The van der Waals surface area contributed by atoms with Gasteiger partial charge in [-0.3, -0.25) is 4.79 Å². The Balaban J connectivity index is 1.97. The highest BCUT2D eigenvalue weighted by Crippen LogP contribution is 2.24. The molecule has 6 heteroatoms. The molecule has 0 bridgehead atoms. The Morgan fingerprint density at radius 3 is 2.62 bits per heavy atom. The van der Waals surface area contributed by atoms with Crippen LogP contribution in [0.3, 0.4) is 0 Å². The van der Waals surface area contributed by atoms with Crippen molar-refractivity contribution < 1.29 is 4.79 Å². The number of fused-ring (bicyclic) bond motifs is 1. The first-order valence-electron chi connectivity index (χ1n) is 10.1. The number of para-hydroxylation sites is 2. The van der Waals surface area contributed by atoms with Gasteiger partial charge in [0.25, 0.3) is 5.91 Å². The van der Waals surface area contributed by atoms with Gasteiger partial charge in [0, 0.05) is 18.1 Å². The zero-order valence-electron chi connectivity index (χ0n) is 17.2. The van der Waals surface area contributed by atoms with E-state index in [1.165, 1.54) is 0 Å². The van der Waals surface area contributed by atoms with Gasteiger partial charge in [-0.25, -0.2) is 4.98 Å². The summed E-state index contributed by atoms with van der Waals surface area (Å²) in [7, 11) is 0. The lowest BCUT2D eigenvalue weighted by atomic mass is 10.1. The third-order valence-corrected chi connectivity index (χ3v) is 5.38. The fourth-order valence-electron chi connectivity index (χ4n) is 3.48. The SMILES string of the molecule is CCCCn1c(CN(CC(C)C)C(=O)c2ccc(Cl)cc2Cl)nc2ccccc21. The number of hydrogen-bond acceptors (Lipinski definition) is 2. The van der Waals surface area contributed by atoms with Crippen molar-refractivity contribution in [1.29, 1.82) is 0 Å². The van der Waals surface area contributed by atoms with Gasteiger partial charge in [-0.05, 0) is 42.7 Å². The summed E-state index contributed by atoms with van der Waals surface area (Å²) in [6.07, 6.45) is 2.16. The van der Waals surface area contributed by atoms with Crippen LogP contribution in [0.5, 0.6) is 0 Å². The maximum absolute atomic E-state index is 13.3. The van der Waals surface area contributed by atoms with Gasteiger partial charge >= 0.3 is 0 Å². The zero-order chi connectivity index (χ0) is 21.0. The zero-order valence-corrected chi connectivity index (χ0v) is 18.7. The van der Waals surface area contributed by atoms with Crippen LogP contribution in [-0.4, -0.2) is 26.9 Å². The molecular weight excluding hydrogens is 405 g/mol. The van der Waals surface area contributed by atoms with Crippen molar-refractivity contribution in [3.63, 3.8) is 0 Å². The Kier molecular flexibility index (Phi) is 7.20. The average molecular weight is 432 g/mol. The smallest absolute Gasteiger partial charge is 0.255 e. The predicted molar refractivity (Wildman–Crippen MR) is 121 cm³/mol. The number of benzene rings is 2. The number of carbonyl (C=O) groups excluding carboxylic acids is 1. The summed E-state index contributed by atoms with van der Waals surface area (Å²) in [5.41, 5.74) is 2.53. The van der Waals surface area contributed by atoms with Crippen molar-refractivity contribution >= 4 is 40.1 Å². The first-order chi connectivity index (χ1) is 13.9. The van der Waals surface area contributed by atoms with Crippen molar-refractivity contribution in [1.82, 2.24) is 14.5 Å². The molecule has 1 heterocycles. The number of aromatic nitrogens is 2. The fourth-order valence-corrected chi connectivity index (χ4v) is 3.97. The minimum absolute atomic E-state index is 0.102. The van der Waals surface area contributed by atoms with E-state index in [0.717, 1.165) is 36.2 Å². The summed E-state index contributed by atoms with van der Waals surface area (Å²) in [5, 5.41) is 0.888. The molecule has 0 spiro atoms. The molecule has 4 nitrogen and oxygen atoms in total. The van der Waals surface area contributed by atoms with E-state index in [1.54, 1.807) is 18.2 Å². The van der Waals surface area contributed by atoms with Gasteiger partial charge in [-0.15, -0.1) is 0 Å². The molecular formula is C23H27Cl2N3O. The molecule has 0 aliphatic rings. The van der Waals surface area contributed by atoms with Crippen LogP contribution in [0.4, 0.5) is 0 Å². The molecule has 29 heavy (non-hydrogen) atoms. The Morgan fingerprint density at radius 1 is 1.17 bits per heavy atom. The lowest BCUT2D eigenvalue weighted by Crippen LogP contribution is -2.35. The molecule has 154 valence electrons. The molecule has 0 radical (unpaired) electrons. The summed E-state index contributed by atoms with van der Waals surface area (Å²) in [6.45, 7) is 8.32. The molecule has 0 N–H and O–H groups in total. The molecule has 3 rings (SSSR count). The first kappa shape index (κ1) is 21.7. The van der Waals surface area contributed by atoms with Crippen molar-refractivity contribution in [2.24, 2.45) is 5.92 Å². The number of aryl methyl sites for hydroxylation is 1. The third kappa shape index (κ3) is 5.12. The van der Waals surface area contributed by atoms with E-state index in [2.05, 4.69) is 31.4 Å². The highest BCUT2D eigenvalue weighted by Gasteiger charge is 2.22. The quantitative estimate of drug-likeness (QED) is 0.411. The minimum atomic E-state index is -0.102. The lowest BCUT2D eigenvalue weighted by Gasteiger charge is -2.25. The van der Waals surface area contributed by atoms with Gasteiger partial charge in [0.15, 0.2) is 0 Å². The summed E-state index contributed by atoms with van der Waals surface area (Å²) < 4.78 is 2.24. The second kappa shape index (κ2) is 9.64. The molecule has 0 unspecified atom stereocenters. The van der Waals surface area contributed by atoms with Gasteiger partial charge in [0.2, 0.25) is 0 Å². The van der Waals surface area contributed by atoms with Crippen LogP contribution in [0.2, 0.25) is 10.0 Å². The second-order valence-corrected chi connectivity index (χ2v) is 8.57. The molecule has 2 aromatic carbocycles. The van der Waals surface area contributed by atoms with E-state index < -0.39 is 0 Å². The van der Waals surface area contributed by atoms with Gasteiger partial charge in [-0.2, -0.15) is 0 Å². The largest absolute Gasteiger partial charge is 0.331 e. The van der Waals surface area contributed by atoms with E-state index in [9.17, 15) is 4.79 Å². The highest BCUT2D eigenvalue weighted by molar-refractivity contribution is 6.36. The molecule has 0 atom stereocenters. The van der Waals surface area contributed by atoms with Crippen LogP contribution in [0.15, 0.2) is 42.5 Å². The van der Waals surface area contributed by atoms with E-state index in [0.29, 0.717) is 34.6 Å². The summed E-state index contributed by atoms with van der Waals surface area (Å²) in [5.74, 6) is 1.12. The molecule has 3 aromatic rings. The van der Waals surface area contributed by atoms with Crippen molar-refractivity contribution in [2.75, 3.05) is 6.54 Å². The molecule has 0 saturated heterocycles. The topological polar surface area (TPSA) is 38.1 Å². The minimum Gasteiger partial charge on any atom is -0.331 e.